The number of aliphatic hydroxyl groups is 1. The Hall–Kier alpha value is -2.06. The van der Waals surface area contributed by atoms with Gasteiger partial charge in [-0.25, -0.2) is 4.98 Å². The average molecular weight is 287 g/mol. The van der Waals surface area contributed by atoms with E-state index in [-0.39, 0.29) is 12.4 Å². The Bertz CT molecular complexity index is 566. The number of imidazole rings is 1. The van der Waals surface area contributed by atoms with Gasteiger partial charge >= 0.3 is 6.36 Å². The van der Waals surface area contributed by atoms with Crippen LogP contribution in [0.15, 0.2) is 36.8 Å². The number of benzene rings is 1. The van der Waals surface area contributed by atoms with Crippen molar-refractivity contribution < 1.29 is 23.0 Å². The van der Waals surface area contributed by atoms with Crippen LogP contribution in [-0.4, -0.2) is 27.6 Å². The van der Waals surface area contributed by atoms with Gasteiger partial charge in [-0.3, -0.25) is 0 Å². The maximum absolute atomic E-state index is 12.0. The van der Waals surface area contributed by atoms with Crippen LogP contribution in [0.3, 0.4) is 0 Å². The van der Waals surface area contributed by atoms with Crippen molar-refractivity contribution in [2.24, 2.45) is 5.73 Å². The molecule has 0 spiro atoms. The Morgan fingerprint density at radius 2 is 1.95 bits per heavy atom. The van der Waals surface area contributed by atoms with Gasteiger partial charge in [-0.2, -0.15) is 0 Å². The second kappa shape index (κ2) is 5.51. The number of alkyl halides is 3. The van der Waals surface area contributed by atoms with Crippen molar-refractivity contribution in [1.82, 2.24) is 9.55 Å². The minimum atomic E-state index is -4.72. The molecule has 1 aromatic heterocycles. The van der Waals surface area contributed by atoms with Gasteiger partial charge in [0.25, 0.3) is 0 Å². The summed E-state index contributed by atoms with van der Waals surface area (Å²) >= 11 is 0. The van der Waals surface area contributed by atoms with E-state index in [1.165, 1.54) is 36.8 Å². The molecule has 0 saturated carbocycles. The number of nitrogens with two attached hydrogens (primary N) is 1. The van der Waals surface area contributed by atoms with E-state index in [0.717, 1.165) is 0 Å². The second-order valence-corrected chi connectivity index (χ2v) is 4.02. The van der Waals surface area contributed by atoms with E-state index in [1.807, 2.05) is 0 Å². The third-order valence-corrected chi connectivity index (χ3v) is 2.59. The van der Waals surface area contributed by atoms with Gasteiger partial charge in [-0.05, 0) is 24.3 Å². The maximum Gasteiger partial charge on any atom is 0.573 e. The molecule has 2 aromatic rings. The number of hydrogen-bond acceptors (Lipinski definition) is 4. The number of ether oxygens (including phenoxy) is 1. The Kier molecular flexibility index (Phi) is 3.96. The van der Waals surface area contributed by atoms with Crippen LogP contribution in [0.2, 0.25) is 0 Å². The summed E-state index contributed by atoms with van der Waals surface area (Å²) in [5, 5.41) is 9.04. The Morgan fingerprint density at radius 3 is 2.50 bits per heavy atom. The van der Waals surface area contributed by atoms with Crippen molar-refractivity contribution in [1.29, 1.82) is 0 Å². The van der Waals surface area contributed by atoms with E-state index in [9.17, 15) is 13.2 Å². The molecule has 20 heavy (non-hydrogen) atoms. The van der Waals surface area contributed by atoms with Crippen LogP contribution in [0.4, 0.5) is 13.2 Å². The fourth-order valence-electron chi connectivity index (χ4n) is 1.70. The lowest BCUT2D eigenvalue weighted by atomic mass is 10.2. The molecule has 0 bridgehead atoms. The van der Waals surface area contributed by atoms with Crippen LogP contribution in [0, 0.1) is 0 Å². The van der Waals surface area contributed by atoms with E-state index in [2.05, 4.69) is 9.72 Å². The minimum absolute atomic E-state index is 0.263. The molecule has 0 aliphatic heterocycles. The summed E-state index contributed by atoms with van der Waals surface area (Å²) in [4.78, 5) is 3.91. The SMILES string of the molecule is NC(CO)c1cncn1-c1ccc(OC(F)(F)F)cc1. The van der Waals surface area contributed by atoms with Gasteiger partial charge in [0.15, 0.2) is 0 Å². The molecule has 0 aliphatic carbocycles. The van der Waals surface area contributed by atoms with Crippen LogP contribution in [0.5, 0.6) is 5.75 Å². The zero-order valence-corrected chi connectivity index (χ0v) is 10.2. The molecular weight excluding hydrogens is 275 g/mol. The highest BCUT2D eigenvalue weighted by molar-refractivity contribution is 5.39. The van der Waals surface area contributed by atoms with E-state index < -0.39 is 12.4 Å². The fourth-order valence-corrected chi connectivity index (χ4v) is 1.70. The van der Waals surface area contributed by atoms with Gasteiger partial charge in [-0.15, -0.1) is 13.2 Å². The fraction of sp³-hybridized carbons (Fsp3) is 0.250. The minimum Gasteiger partial charge on any atom is -0.406 e. The maximum atomic E-state index is 12.0. The molecule has 2 rings (SSSR count). The normalized spacial score (nSPS) is 13.2. The van der Waals surface area contributed by atoms with Gasteiger partial charge in [0.2, 0.25) is 0 Å². The lowest BCUT2D eigenvalue weighted by Crippen LogP contribution is -2.18. The molecule has 0 amide bonds. The monoisotopic (exact) mass is 287 g/mol. The third kappa shape index (κ3) is 3.28. The standard InChI is InChI=1S/C12H12F3N3O2/c13-12(14,15)20-9-3-1-8(2-4-9)18-7-17-5-11(18)10(16)6-19/h1-5,7,10,19H,6,16H2. The highest BCUT2D eigenvalue weighted by Crippen LogP contribution is 2.24. The summed E-state index contributed by atoms with van der Waals surface area (Å²) in [5.74, 6) is -0.311. The topological polar surface area (TPSA) is 73.3 Å². The molecule has 0 radical (unpaired) electrons. The Labute approximate surface area is 112 Å². The third-order valence-electron chi connectivity index (χ3n) is 2.59. The molecule has 0 fully saturated rings. The van der Waals surface area contributed by atoms with Crippen molar-refractivity contribution in [2.45, 2.75) is 12.4 Å². The zero-order valence-electron chi connectivity index (χ0n) is 10.2. The number of halogens is 3. The molecule has 8 heteroatoms. The van der Waals surface area contributed by atoms with E-state index in [4.69, 9.17) is 10.8 Å². The average Bonchev–Trinajstić information content (AvgIpc) is 2.86. The number of aliphatic hydroxyl groups excluding tert-OH is 1. The van der Waals surface area contributed by atoms with Crippen molar-refractivity contribution >= 4 is 0 Å². The van der Waals surface area contributed by atoms with Crippen molar-refractivity contribution in [3.63, 3.8) is 0 Å². The lowest BCUT2D eigenvalue weighted by Gasteiger charge is -2.13. The molecule has 5 nitrogen and oxygen atoms in total. The molecule has 3 N–H and O–H groups in total. The first-order chi connectivity index (χ1) is 9.40. The first kappa shape index (κ1) is 14.4. The van der Waals surface area contributed by atoms with E-state index >= 15 is 0 Å². The number of nitrogens with zero attached hydrogens (tertiary/aromatic N) is 2. The first-order valence-electron chi connectivity index (χ1n) is 5.65. The quantitative estimate of drug-likeness (QED) is 0.898. The number of aromatic nitrogens is 2. The smallest absolute Gasteiger partial charge is 0.406 e. The number of hydrogen-bond donors (Lipinski definition) is 2. The highest BCUT2D eigenvalue weighted by Gasteiger charge is 2.31. The molecule has 1 heterocycles. The van der Waals surface area contributed by atoms with Gasteiger partial charge in [0, 0.05) is 5.69 Å². The molecule has 1 unspecified atom stereocenters. The Balaban J connectivity index is 2.24. The van der Waals surface area contributed by atoms with Gasteiger partial charge in [-0.1, -0.05) is 0 Å². The van der Waals surface area contributed by atoms with Crippen molar-refractivity contribution in [2.75, 3.05) is 6.61 Å². The van der Waals surface area contributed by atoms with Crippen molar-refractivity contribution in [3.8, 4) is 11.4 Å². The molecule has 1 aromatic carbocycles. The number of rotatable bonds is 4. The molecule has 1 atom stereocenters. The molecule has 108 valence electrons. The second-order valence-electron chi connectivity index (χ2n) is 4.02. The van der Waals surface area contributed by atoms with Crippen LogP contribution >= 0.6 is 0 Å². The first-order valence-corrected chi connectivity index (χ1v) is 5.65. The van der Waals surface area contributed by atoms with Gasteiger partial charge < -0.3 is 20.1 Å². The summed E-state index contributed by atoms with van der Waals surface area (Å²) in [5.41, 5.74) is 6.82. The highest BCUT2D eigenvalue weighted by atomic mass is 19.4. The summed E-state index contributed by atoms with van der Waals surface area (Å²) in [6, 6.07) is 4.64. The summed E-state index contributed by atoms with van der Waals surface area (Å²) in [6.07, 6.45) is -1.77. The largest absolute Gasteiger partial charge is 0.573 e. The summed E-state index contributed by atoms with van der Waals surface area (Å²) < 4.78 is 41.5. The molecule has 0 saturated heterocycles. The predicted octanol–water partition coefficient (Wildman–Crippen LogP) is 1.76. The molecular formula is C12H12F3N3O2. The van der Waals surface area contributed by atoms with Crippen LogP contribution in [0.25, 0.3) is 5.69 Å². The summed E-state index contributed by atoms with van der Waals surface area (Å²) in [7, 11) is 0. The Morgan fingerprint density at radius 1 is 1.30 bits per heavy atom. The lowest BCUT2D eigenvalue weighted by molar-refractivity contribution is -0.274. The van der Waals surface area contributed by atoms with E-state index in [1.54, 1.807) is 4.57 Å². The van der Waals surface area contributed by atoms with Gasteiger partial charge in [0.1, 0.15) is 5.75 Å². The van der Waals surface area contributed by atoms with Crippen molar-refractivity contribution in [3.05, 3.63) is 42.5 Å². The van der Waals surface area contributed by atoms with Crippen LogP contribution < -0.4 is 10.5 Å². The predicted molar refractivity (Wildman–Crippen MR) is 64.3 cm³/mol. The van der Waals surface area contributed by atoms with Gasteiger partial charge in [0.05, 0.1) is 30.9 Å². The summed E-state index contributed by atoms with van der Waals surface area (Å²) in [6.45, 7) is -0.263. The van der Waals surface area contributed by atoms with E-state index in [0.29, 0.717) is 11.4 Å². The van der Waals surface area contributed by atoms with Crippen LogP contribution in [-0.2, 0) is 0 Å². The zero-order chi connectivity index (χ0) is 14.8. The van der Waals surface area contributed by atoms with Crippen LogP contribution in [0.1, 0.15) is 11.7 Å². The molecule has 0 aliphatic rings.